The van der Waals surface area contributed by atoms with Crippen LogP contribution >= 0.6 is 11.3 Å². The Morgan fingerprint density at radius 3 is 2.12 bits per heavy atom. The van der Waals surface area contributed by atoms with E-state index in [0.717, 1.165) is 39.1 Å². The molecule has 5 heteroatoms. The molecule has 0 saturated carbocycles. The smallest absolute Gasteiger partial charge is 0.121 e. The molecule has 0 aliphatic carbocycles. The first-order valence-electron chi connectivity index (χ1n) is 17.6. The Labute approximate surface area is 325 Å². The van der Waals surface area contributed by atoms with Crippen LogP contribution in [0.1, 0.15) is 64.6 Å². The number of fused-ring (bicyclic) bond motifs is 5. The summed E-state index contributed by atoms with van der Waals surface area (Å²) in [5, 5.41) is 3.63. The number of rotatable bonds is 3. The summed E-state index contributed by atoms with van der Waals surface area (Å²) in [4.78, 5) is 10.8. The van der Waals surface area contributed by atoms with E-state index in [-0.39, 0.29) is 25.5 Å². The quantitative estimate of drug-likeness (QED) is 0.166. The zero-order valence-corrected chi connectivity index (χ0v) is 34.8. The molecule has 0 saturated heterocycles. The van der Waals surface area contributed by atoms with Crippen LogP contribution in [0.2, 0.25) is 0 Å². The Hall–Kier alpha value is -4.41. The molecule has 0 fully saturated rings. The van der Waals surface area contributed by atoms with Gasteiger partial charge in [-0.05, 0) is 104 Å². The standard InChI is InChI=1S/C33H30NOS.C14H14N.Ir/c1-18-10-8-11-19(2)29(18)24-17-34-26(16-25(24)33(5,6)7)22-12-9-13-23-31-27(35-32(22)23)14-15-28-30(31)20(3)21(4)36-28;1-10-4-6-13(7-5-10)14-8-11(2)12(3)9-15-14;/h8-11,13-17H,1-7H3;4-6,8-9H,1-3H3;/q2*-1;. The Morgan fingerprint density at radius 1 is 0.712 bits per heavy atom. The van der Waals surface area contributed by atoms with E-state index in [1.165, 1.54) is 70.4 Å². The van der Waals surface area contributed by atoms with Crippen molar-refractivity contribution in [1.29, 1.82) is 0 Å². The number of benzene rings is 4. The van der Waals surface area contributed by atoms with Gasteiger partial charge < -0.3 is 14.4 Å². The van der Waals surface area contributed by atoms with E-state index in [9.17, 15) is 0 Å². The van der Waals surface area contributed by atoms with Crippen molar-refractivity contribution in [3.05, 3.63) is 141 Å². The maximum absolute atomic E-state index is 6.52. The van der Waals surface area contributed by atoms with Crippen LogP contribution in [0.4, 0.5) is 0 Å². The van der Waals surface area contributed by atoms with Gasteiger partial charge >= 0.3 is 0 Å². The molecule has 4 aromatic heterocycles. The Kier molecular flexibility index (Phi) is 10.4. The number of thiophene rings is 1. The van der Waals surface area contributed by atoms with Crippen molar-refractivity contribution in [1.82, 2.24) is 9.97 Å². The minimum absolute atomic E-state index is 0. The van der Waals surface area contributed by atoms with Gasteiger partial charge in [0, 0.05) is 58.4 Å². The number of aromatic nitrogens is 2. The van der Waals surface area contributed by atoms with Gasteiger partial charge in [-0.15, -0.1) is 64.9 Å². The fourth-order valence-corrected chi connectivity index (χ4v) is 8.04. The molecule has 8 rings (SSSR count). The van der Waals surface area contributed by atoms with Gasteiger partial charge in [-0.25, -0.2) is 0 Å². The van der Waals surface area contributed by atoms with Crippen molar-refractivity contribution < 1.29 is 24.5 Å². The van der Waals surface area contributed by atoms with E-state index in [0.29, 0.717) is 0 Å². The maximum atomic E-state index is 6.52. The number of aryl methyl sites for hydroxylation is 7. The molecule has 265 valence electrons. The SMILES string of the molecule is Cc1c[c-]c(-c2cc(C)c(C)cn2)cc1.Cc1cccc(C)c1-c1cnc(-c2[c-]ccc3c2oc2ccc4sc(C)c(C)c4c23)cc1C(C)(C)C.[Ir]. The van der Waals surface area contributed by atoms with Crippen molar-refractivity contribution in [3.63, 3.8) is 0 Å². The first kappa shape index (κ1) is 37.3. The molecule has 0 bridgehead atoms. The van der Waals surface area contributed by atoms with E-state index in [1.807, 2.05) is 35.9 Å². The number of hydrogen-bond acceptors (Lipinski definition) is 4. The van der Waals surface area contributed by atoms with Gasteiger partial charge in [0.05, 0.1) is 5.58 Å². The van der Waals surface area contributed by atoms with Gasteiger partial charge in [0.1, 0.15) is 5.58 Å². The molecule has 0 amide bonds. The summed E-state index contributed by atoms with van der Waals surface area (Å²) in [5.41, 5.74) is 16.9. The van der Waals surface area contributed by atoms with Gasteiger partial charge in [-0.1, -0.05) is 74.5 Å². The van der Waals surface area contributed by atoms with E-state index < -0.39 is 0 Å². The third-order valence-corrected chi connectivity index (χ3v) is 11.2. The number of hydrogen-bond donors (Lipinski definition) is 0. The second-order valence-electron chi connectivity index (χ2n) is 14.9. The molecule has 0 aliphatic heterocycles. The van der Waals surface area contributed by atoms with E-state index in [2.05, 4.69) is 147 Å². The van der Waals surface area contributed by atoms with E-state index in [1.54, 1.807) is 0 Å². The zero-order chi connectivity index (χ0) is 36.2. The molecule has 0 N–H and O–H groups in total. The largest absolute Gasteiger partial charge is 0.501 e. The molecule has 0 unspecified atom stereocenters. The van der Waals surface area contributed by atoms with Gasteiger partial charge in [-0.3, -0.25) is 0 Å². The minimum Gasteiger partial charge on any atom is -0.501 e. The van der Waals surface area contributed by atoms with E-state index >= 15 is 0 Å². The van der Waals surface area contributed by atoms with Crippen molar-refractivity contribution in [2.45, 2.75) is 74.7 Å². The van der Waals surface area contributed by atoms with Crippen LogP contribution in [-0.4, -0.2) is 9.97 Å². The second kappa shape index (κ2) is 14.5. The fraction of sp³-hybridized carbons (Fsp3) is 0.234. The molecule has 4 heterocycles. The monoisotopic (exact) mass is 877 g/mol. The summed E-state index contributed by atoms with van der Waals surface area (Å²) >= 11 is 1.85. The predicted molar refractivity (Wildman–Crippen MR) is 217 cm³/mol. The van der Waals surface area contributed by atoms with Gasteiger partial charge in [-0.2, -0.15) is 0 Å². The first-order chi connectivity index (χ1) is 24.3. The third kappa shape index (κ3) is 6.90. The summed E-state index contributed by atoms with van der Waals surface area (Å²) < 4.78 is 7.83. The Bertz CT molecular complexity index is 2560. The second-order valence-corrected chi connectivity index (χ2v) is 16.1. The van der Waals surface area contributed by atoms with Crippen LogP contribution in [0.25, 0.3) is 65.7 Å². The van der Waals surface area contributed by atoms with Gasteiger partial charge in [0.15, 0.2) is 0 Å². The average Bonchev–Trinajstić information content (AvgIpc) is 3.62. The number of pyridine rings is 2. The normalized spacial score (nSPS) is 11.5. The van der Waals surface area contributed by atoms with Crippen molar-refractivity contribution >= 4 is 43.4 Å². The molecule has 8 aromatic rings. The Morgan fingerprint density at radius 2 is 1.44 bits per heavy atom. The Balaban J connectivity index is 0.000000244. The molecule has 52 heavy (non-hydrogen) atoms. The molecule has 0 atom stereocenters. The molecule has 0 spiro atoms. The van der Waals surface area contributed by atoms with Crippen LogP contribution in [0.3, 0.4) is 0 Å². The zero-order valence-electron chi connectivity index (χ0n) is 31.6. The summed E-state index contributed by atoms with van der Waals surface area (Å²) in [5.74, 6) is 0. The summed E-state index contributed by atoms with van der Waals surface area (Å²) in [6.45, 7) is 21.8. The fourth-order valence-electron chi connectivity index (χ4n) is 6.96. The van der Waals surface area contributed by atoms with Crippen molar-refractivity contribution in [3.8, 4) is 33.6 Å². The molecule has 4 aromatic carbocycles. The minimum atomic E-state index is -0.0546. The van der Waals surface area contributed by atoms with Gasteiger partial charge in [0.25, 0.3) is 0 Å². The van der Waals surface area contributed by atoms with Crippen LogP contribution in [0, 0.1) is 60.6 Å². The molecular formula is C47H44IrN2OS-2. The van der Waals surface area contributed by atoms with Crippen LogP contribution in [0.15, 0.2) is 89.6 Å². The summed E-state index contributed by atoms with van der Waals surface area (Å²) in [6, 6.07) is 32.1. The molecule has 3 nitrogen and oxygen atoms in total. The first-order valence-corrected chi connectivity index (χ1v) is 18.4. The van der Waals surface area contributed by atoms with E-state index in [4.69, 9.17) is 9.40 Å². The summed E-state index contributed by atoms with van der Waals surface area (Å²) in [6.07, 6.45) is 3.96. The molecule has 0 aliphatic rings. The summed E-state index contributed by atoms with van der Waals surface area (Å²) in [7, 11) is 0. The van der Waals surface area contributed by atoms with Gasteiger partial charge in [0.2, 0.25) is 0 Å². The third-order valence-electron chi connectivity index (χ3n) is 10.1. The number of furan rings is 1. The van der Waals surface area contributed by atoms with Crippen molar-refractivity contribution in [2.24, 2.45) is 0 Å². The topological polar surface area (TPSA) is 38.9 Å². The maximum Gasteiger partial charge on any atom is 0.121 e. The van der Waals surface area contributed by atoms with Crippen molar-refractivity contribution in [2.75, 3.05) is 0 Å². The molecular weight excluding hydrogens is 833 g/mol. The van der Waals surface area contributed by atoms with Crippen LogP contribution in [-0.2, 0) is 25.5 Å². The predicted octanol–water partition coefficient (Wildman–Crippen LogP) is 13.3. The van der Waals surface area contributed by atoms with Crippen LogP contribution in [0.5, 0.6) is 0 Å². The van der Waals surface area contributed by atoms with Crippen LogP contribution < -0.4 is 0 Å². The average molecular weight is 877 g/mol. The molecule has 1 radical (unpaired) electrons. The number of nitrogens with zero attached hydrogens (tertiary/aromatic N) is 2.